The van der Waals surface area contributed by atoms with E-state index in [0.29, 0.717) is 6.61 Å². The number of rotatable bonds is 5. The molecule has 0 spiro atoms. The van der Waals surface area contributed by atoms with Crippen LogP contribution >= 0.6 is 22.9 Å². The second kappa shape index (κ2) is 5.07. The first-order valence-corrected chi connectivity index (χ1v) is 5.57. The molecule has 3 nitrogen and oxygen atoms in total. The average Bonchev–Trinajstić information content (AvgIpc) is 2.48. The van der Waals surface area contributed by atoms with Crippen LogP contribution in [0.25, 0.3) is 0 Å². The lowest BCUT2D eigenvalue weighted by Gasteiger charge is -2.24. The molecule has 14 heavy (non-hydrogen) atoms. The van der Waals surface area contributed by atoms with E-state index < -0.39 is 0 Å². The lowest BCUT2D eigenvalue weighted by Crippen LogP contribution is -2.42. The predicted octanol–water partition coefficient (Wildman–Crippen LogP) is 2.31. The molecule has 0 fully saturated rings. The number of nitrogens with zero attached hydrogens (tertiary/aromatic N) is 1. The van der Waals surface area contributed by atoms with E-state index in [1.807, 2.05) is 0 Å². The number of thiazole rings is 1. The van der Waals surface area contributed by atoms with E-state index in [9.17, 15) is 0 Å². The van der Waals surface area contributed by atoms with Gasteiger partial charge in [0.2, 0.25) is 0 Å². The Morgan fingerprint density at radius 2 is 2.36 bits per heavy atom. The van der Waals surface area contributed by atoms with Crippen molar-refractivity contribution in [1.29, 1.82) is 0 Å². The minimum absolute atomic E-state index is 0.0348. The third-order valence-electron chi connectivity index (χ3n) is 1.75. The molecule has 0 amide bonds. The van der Waals surface area contributed by atoms with E-state index >= 15 is 0 Å². The van der Waals surface area contributed by atoms with E-state index in [-0.39, 0.29) is 5.54 Å². The van der Waals surface area contributed by atoms with Crippen LogP contribution in [0.15, 0.2) is 6.20 Å². The number of hydrogen-bond donors (Lipinski definition) is 1. The van der Waals surface area contributed by atoms with Crippen LogP contribution in [0.3, 0.4) is 0 Å². The van der Waals surface area contributed by atoms with E-state index in [1.165, 1.54) is 11.3 Å². The molecule has 0 aliphatic rings. The Hall–Kier alpha value is -0.160. The molecule has 1 N–H and O–H groups in total. The molecule has 0 saturated carbocycles. The molecule has 1 aromatic heterocycles. The minimum atomic E-state index is -0.0348. The highest BCUT2D eigenvalue weighted by Gasteiger charge is 2.16. The largest absolute Gasteiger partial charge is 0.383 e. The Labute approximate surface area is 93.4 Å². The molecular formula is C9H15ClN2OS. The summed E-state index contributed by atoms with van der Waals surface area (Å²) in [5.41, 5.74) is -0.0348. The highest BCUT2D eigenvalue weighted by Crippen LogP contribution is 2.18. The summed E-state index contributed by atoms with van der Waals surface area (Å²) in [5.74, 6) is 0. The van der Waals surface area contributed by atoms with Crippen molar-refractivity contribution in [2.24, 2.45) is 0 Å². The van der Waals surface area contributed by atoms with Crippen LogP contribution in [-0.4, -0.2) is 24.2 Å². The van der Waals surface area contributed by atoms with Crippen LogP contribution < -0.4 is 5.32 Å². The fourth-order valence-corrected chi connectivity index (χ4v) is 1.99. The van der Waals surface area contributed by atoms with Crippen LogP contribution in [0.4, 0.5) is 0 Å². The maximum atomic E-state index is 5.78. The average molecular weight is 235 g/mol. The lowest BCUT2D eigenvalue weighted by molar-refractivity contribution is 0.127. The molecule has 1 rings (SSSR count). The quantitative estimate of drug-likeness (QED) is 0.849. The van der Waals surface area contributed by atoms with Gasteiger partial charge < -0.3 is 10.1 Å². The van der Waals surface area contributed by atoms with E-state index in [0.717, 1.165) is 15.9 Å². The van der Waals surface area contributed by atoms with Crippen LogP contribution in [0, 0.1) is 0 Å². The van der Waals surface area contributed by atoms with Gasteiger partial charge in [-0.1, -0.05) is 11.6 Å². The summed E-state index contributed by atoms with van der Waals surface area (Å²) in [6.07, 6.45) is 1.67. The van der Waals surface area contributed by atoms with Gasteiger partial charge in [0.1, 0.15) is 9.34 Å². The van der Waals surface area contributed by atoms with Gasteiger partial charge in [-0.15, -0.1) is 11.3 Å². The Morgan fingerprint density at radius 3 is 2.86 bits per heavy atom. The monoisotopic (exact) mass is 234 g/mol. The smallest absolute Gasteiger partial charge is 0.113 e. The van der Waals surface area contributed by atoms with E-state index in [2.05, 4.69) is 24.1 Å². The molecule has 0 aliphatic carbocycles. The van der Waals surface area contributed by atoms with Crippen molar-refractivity contribution in [3.63, 3.8) is 0 Å². The molecule has 0 aliphatic heterocycles. The number of aromatic nitrogens is 1. The van der Waals surface area contributed by atoms with Gasteiger partial charge in [-0.25, -0.2) is 4.98 Å². The Balaban J connectivity index is 2.40. The van der Waals surface area contributed by atoms with Gasteiger partial charge in [0.25, 0.3) is 0 Å². The highest BCUT2D eigenvalue weighted by atomic mass is 35.5. The maximum Gasteiger partial charge on any atom is 0.113 e. The normalized spacial score (nSPS) is 12.0. The zero-order chi connectivity index (χ0) is 10.6. The predicted molar refractivity (Wildman–Crippen MR) is 59.9 cm³/mol. The van der Waals surface area contributed by atoms with Crippen molar-refractivity contribution in [2.75, 3.05) is 13.7 Å². The van der Waals surface area contributed by atoms with Crippen molar-refractivity contribution in [1.82, 2.24) is 10.3 Å². The second-order valence-corrected chi connectivity index (χ2v) is 5.48. The van der Waals surface area contributed by atoms with E-state index in [1.54, 1.807) is 13.3 Å². The molecule has 1 aromatic rings. The Kier molecular flexibility index (Phi) is 4.31. The first-order chi connectivity index (χ1) is 6.53. The van der Waals surface area contributed by atoms with Gasteiger partial charge in [-0.05, 0) is 13.8 Å². The minimum Gasteiger partial charge on any atom is -0.383 e. The summed E-state index contributed by atoms with van der Waals surface area (Å²) < 4.78 is 5.82. The second-order valence-electron chi connectivity index (χ2n) is 3.73. The van der Waals surface area contributed by atoms with Crippen molar-refractivity contribution >= 4 is 22.9 Å². The lowest BCUT2D eigenvalue weighted by atomic mass is 10.1. The number of ether oxygens (including phenoxy) is 1. The molecular weight excluding hydrogens is 220 g/mol. The summed E-state index contributed by atoms with van der Waals surface area (Å²) >= 11 is 7.27. The maximum absolute atomic E-state index is 5.78. The molecule has 5 heteroatoms. The van der Waals surface area contributed by atoms with Crippen LogP contribution in [0.2, 0.25) is 4.34 Å². The number of halogens is 1. The number of hydrogen-bond acceptors (Lipinski definition) is 4. The SMILES string of the molecule is COCC(C)(C)NCc1ncc(Cl)s1. The van der Waals surface area contributed by atoms with Gasteiger partial charge in [-0.3, -0.25) is 0 Å². The highest BCUT2D eigenvalue weighted by molar-refractivity contribution is 7.15. The third-order valence-corrected chi connectivity index (χ3v) is 2.86. The fraction of sp³-hybridized carbons (Fsp3) is 0.667. The van der Waals surface area contributed by atoms with Gasteiger partial charge in [-0.2, -0.15) is 0 Å². The summed E-state index contributed by atoms with van der Waals surface area (Å²) in [7, 11) is 1.70. The first kappa shape index (κ1) is 11.9. The van der Waals surface area contributed by atoms with Gasteiger partial charge >= 0.3 is 0 Å². The fourth-order valence-electron chi connectivity index (χ4n) is 1.10. The molecule has 0 aromatic carbocycles. The van der Waals surface area contributed by atoms with Gasteiger partial charge in [0.05, 0.1) is 12.8 Å². The van der Waals surface area contributed by atoms with Crippen LogP contribution in [-0.2, 0) is 11.3 Å². The zero-order valence-corrected chi connectivity index (χ0v) is 10.2. The van der Waals surface area contributed by atoms with Crippen LogP contribution in [0.5, 0.6) is 0 Å². The topological polar surface area (TPSA) is 34.1 Å². The molecule has 0 atom stereocenters. The molecule has 80 valence electrons. The Bertz CT molecular complexity index is 288. The molecule has 0 bridgehead atoms. The summed E-state index contributed by atoms with van der Waals surface area (Å²) in [6.45, 7) is 5.58. The standard InChI is InChI=1S/C9H15ClN2OS/c1-9(2,6-13-3)12-5-8-11-4-7(10)14-8/h4,12H,5-6H2,1-3H3. The molecule has 0 radical (unpaired) electrons. The van der Waals surface area contributed by atoms with Gasteiger partial charge in [0, 0.05) is 19.2 Å². The Morgan fingerprint density at radius 1 is 1.64 bits per heavy atom. The van der Waals surface area contributed by atoms with Gasteiger partial charge in [0.15, 0.2) is 0 Å². The van der Waals surface area contributed by atoms with Crippen molar-refractivity contribution in [3.8, 4) is 0 Å². The van der Waals surface area contributed by atoms with Crippen molar-refractivity contribution < 1.29 is 4.74 Å². The summed E-state index contributed by atoms with van der Waals surface area (Å²) in [4.78, 5) is 4.16. The van der Waals surface area contributed by atoms with Crippen molar-refractivity contribution in [2.45, 2.75) is 25.9 Å². The molecule has 0 saturated heterocycles. The number of nitrogens with one attached hydrogen (secondary N) is 1. The third kappa shape index (κ3) is 3.92. The summed E-state index contributed by atoms with van der Waals surface area (Å²) in [6, 6.07) is 0. The van der Waals surface area contributed by atoms with Crippen LogP contribution in [0.1, 0.15) is 18.9 Å². The number of methoxy groups -OCH3 is 1. The van der Waals surface area contributed by atoms with E-state index in [4.69, 9.17) is 16.3 Å². The molecule has 0 unspecified atom stereocenters. The first-order valence-electron chi connectivity index (χ1n) is 4.38. The zero-order valence-electron chi connectivity index (χ0n) is 8.63. The molecule has 1 heterocycles. The van der Waals surface area contributed by atoms with Crippen molar-refractivity contribution in [3.05, 3.63) is 15.5 Å². The summed E-state index contributed by atoms with van der Waals surface area (Å²) in [5, 5.41) is 4.35.